The van der Waals surface area contributed by atoms with Crippen molar-refractivity contribution in [3.05, 3.63) is 36.5 Å². The molecule has 49 heavy (non-hydrogen) atoms. The molecular formula is C38H69O10P. The van der Waals surface area contributed by atoms with Gasteiger partial charge in [-0.1, -0.05) is 121 Å². The second kappa shape index (κ2) is 34.6. The lowest BCUT2D eigenvalue weighted by atomic mass is 10.1. The highest BCUT2D eigenvalue weighted by Gasteiger charge is 2.27. The van der Waals surface area contributed by atoms with Gasteiger partial charge in [0, 0.05) is 12.8 Å². The zero-order chi connectivity index (χ0) is 36.3. The quantitative estimate of drug-likeness (QED) is 0.0191. The third-order valence-electron chi connectivity index (χ3n) is 7.79. The van der Waals surface area contributed by atoms with Crippen molar-refractivity contribution >= 4 is 19.8 Å². The van der Waals surface area contributed by atoms with E-state index in [9.17, 15) is 24.2 Å². The molecule has 0 aliphatic carbocycles. The largest absolute Gasteiger partial charge is 0.472 e. The molecule has 0 rings (SSSR count). The number of carbonyl (C=O) groups is 2. The monoisotopic (exact) mass is 716 g/mol. The van der Waals surface area contributed by atoms with Crippen LogP contribution in [0.2, 0.25) is 0 Å². The van der Waals surface area contributed by atoms with Gasteiger partial charge in [-0.3, -0.25) is 18.6 Å². The SMILES string of the molecule is CCCC/C=C/CCCCCCCC(=O)OC[C@H](COP(=O)(O)OC[C@@H](O)CO)OC(=O)CCCCCCC/C=C/C=C/CCCCCC. The van der Waals surface area contributed by atoms with Crippen molar-refractivity contribution in [2.45, 2.75) is 167 Å². The Balaban J connectivity index is 4.42. The Labute approximate surface area is 297 Å². The van der Waals surface area contributed by atoms with Crippen LogP contribution in [0.3, 0.4) is 0 Å². The summed E-state index contributed by atoms with van der Waals surface area (Å²) in [6.07, 6.45) is 32.6. The molecule has 0 aromatic carbocycles. The zero-order valence-electron chi connectivity index (χ0n) is 30.7. The van der Waals surface area contributed by atoms with Gasteiger partial charge in [0.1, 0.15) is 12.7 Å². The van der Waals surface area contributed by atoms with E-state index >= 15 is 0 Å². The Morgan fingerprint density at radius 3 is 1.65 bits per heavy atom. The summed E-state index contributed by atoms with van der Waals surface area (Å²) < 4.78 is 32.5. The minimum absolute atomic E-state index is 0.165. The van der Waals surface area contributed by atoms with Crippen molar-refractivity contribution in [3.8, 4) is 0 Å². The van der Waals surface area contributed by atoms with E-state index in [1.54, 1.807) is 0 Å². The normalized spacial score (nSPS) is 14.5. The van der Waals surface area contributed by atoms with Crippen molar-refractivity contribution < 1.29 is 47.8 Å². The fourth-order valence-corrected chi connectivity index (χ4v) is 5.58. The van der Waals surface area contributed by atoms with Crippen LogP contribution >= 0.6 is 7.82 Å². The lowest BCUT2D eigenvalue weighted by molar-refractivity contribution is -0.161. The van der Waals surface area contributed by atoms with Crippen LogP contribution in [0, 0.1) is 0 Å². The summed E-state index contributed by atoms with van der Waals surface area (Å²) in [6, 6.07) is 0. The molecule has 11 heteroatoms. The Hall–Kier alpha value is -1.81. The number of aliphatic hydroxyl groups excluding tert-OH is 2. The van der Waals surface area contributed by atoms with Crippen molar-refractivity contribution in [1.82, 2.24) is 0 Å². The molecule has 3 N–H and O–H groups in total. The van der Waals surface area contributed by atoms with Gasteiger partial charge in [0.05, 0.1) is 19.8 Å². The third-order valence-corrected chi connectivity index (χ3v) is 8.75. The molecule has 10 nitrogen and oxygen atoms in total. The number of allylic oxidation sites excluding steroid dienone is 6. The first kappa shape index (κ1) is 47.2. The predicted octanol–water partition coefficient (Wildman–Crippen LogP) is 9.22. The molecule has 0 amide bonds. The minimum Gasteiger partial charge on any atom is -0.462 e. The van der Waals surface area contributed by atoms with Gasteiger partial charge in [-0.2, -0.15) is 0 Å². The molecule has 0 bridgehead atoms. The first-order valence-corrected chi connectivity index (χ1v) is 20.5. The van der Waals surface area contributed by atoms with E-state index in [4.69, 9.17) is 19.1 Å². The van der Waals surface area contributed by atoms with Crippen LogP contribution in [0.15, 0.2) is 36.5 Å². The molecule has 0 saturated carbocycles. The van der Waals surface area contributed by atoms with Gasteiger partial charge in [-0.25, -0.2) is 4.57 Å². The van der Waals surface area contributed by atoms with Gasteiger partial charge in [0.15, 0.2) is 6.10 Å². The van der Waals surface area contributed by atoms with Crippen LogP contribution in [0.25, 0.3) is 0 Å². The molecule has 0 aromatic heterocycles. The molecule has 0 saturated heterocycles. The number of esters is 2. The summed E-state index contributed by atoms with van der Waals surface area (Å²) in [5, 5.41) is 18.3. The first-order chi connectivity index (χ1) is 23.7. The number of aliphatic hydroxyl groups is 2. The number of hydrogen-bond acceptors (Lipinski definition) is 9. The average molecular weight is 717 g/mol. The molecule has 1 unspecified atom stereocenters. The van der Waals surface area contributed by atoms with Crippen LogP contribution in [0.5, 0.6) is 0 Å². The molecular weight excluding hydrogens is 647 g/mol. The number of phosphoric acid groups is 1. The smallest absolute Gasteiger partial charge is 0.462 e. The van der Waals surface area contributed by atoms with Crippen LogP contribution in [-0.4, -0.2) is 65.7 Å². The maximum atomic E-state index is 12.5. The first-order valence-electron chi connectivity index (χ1n) is 19.0. The fourth-order valence-electron chi connectivity index (χ4n) is 4.79. The predicted molar refractivity (Wildman–Crippen MR) is 196 cm³/mol. The maximum absolute atomic E-state index is 12.5. The lowest BCUT2D eigenvalue weighted by Gasteiger charge is -2.20. The molecule has 0 aliphatic rings. The summed E-state index contributed by atoms with van der Waals surface area (Å²) in [4.78, 5) is 34.8. The summed E-state index contributed by atoms with van der Waals surface area (Å²) >= 11 is 0. The van der Waals surface area contributed by atoms with Gasteiger partial charge in [-0.05, 0) is 57.8 Å². The van der Waals surface area contributed by atoms with Crippen molar-refractivity contribution in [2.75, 3.05) is 26.4 Å². The number of hydrogen-bond donors (Lipinski definition) is 3. The van der Waals surface area contributed by atoms with Crippen LogP contribution < -0.4 is 0 Å². The van der Waals surface area contributed by atoms with Crippen molar-refractivity contribution in [2.24, 2.45) is 0 Å². The van der Waals surface area contributed by atoms with E-state index in [2.05, 4.69) is 54.8 Å². The Morgan fingerprint density at radius 1 is 0.612 bits per heavy atom. The standard InChI is InChI=1S/C38H69O10P/c1-3-5-7-9-11-13-15-16-17-18-20-22-24-26-28-30-38(42)48-36(34-47-49(43,44)46-32-35(40)31-39)33-45-37(41)29-27-25-23-21-19-14-12-10-8-6-4-2/h10,12-13,15-17,35-36,39-40H,3-9,11,14,18-34H2,1-2H3,(H,43,44)/b12-10+,15-13+,17-16+/t35-,36+/m0/s1. The number of carbonyl (C=O) groups excluding carboxylic acids is 2. The molecule has 0 aliphatic heterocycles. The van der Waals surface area contributed by atoms with Crippen LogP contribution in [0.4, 0.5) is 0 Å². The second-order valence-electron chi connectivity index (χ2n) is 12.6. The summed E-state index contributed by atoms with van der Waals surface area (Å²) in [7, 11) is -4.61. The average Bonchev–Trinajstić information content (AvgIpc) is 3.09. The van der Waals surface area contributed by atoms with Gasteiger partial charge in [0.2, 0.25) is 0 Å². The molecule has 286 valence electrons. The number of unbranched alkanes of at least 4 members (excludes halogenated alkanes) is 16. The molecule has 0 aromatic rings. The van der Waals surface area contributed by atoms with E-state index in [-0.39, 0.29) is 19.4 Å². The van der Waals surface area contributed by atoms with Crippen molar-refractivity contribution in [3.63, 3.8) is 0 Å². The third kappa shape index (κ3) is 34.4. The van der Waals surface area contributed by atoms with Gasteiger partial charge >= 0.3 is 19.8 Å². The topological polar surface area (TPSA) is 149 Å². The number of ether oxygens (including phenoxy) is 2. The summed E-state index contributed by atoms with van der Waals surface area (Å²) in [5.41, 5.74) is 0. The second-order valence-corrected chi connectivity index (χ2v) is 14.1. The van der Waals surface area contributed by atoms with E-state index in [1.165, 1.54) is 38.5 Å². The van der Waals surface area contributed by atoms with Gasteiger partial charge in [-0.15, -0.1) is 0 Å². The van der Waals surface area contributed by atoms with Gasteiger partial charge < -0.3 is 24.6 Å². The zero-order valence-corrected chi connectivity index (χ0v) is 31.5. The highest BCUT2D eigenvalue weighted by Crippen LogP contribution is 2.43. The number of rotatable bonds is 35. The highest BCUT2D eigenvalue weighted by molar-refractivity contribution is 7.47. The van der Waals surface area contributed by atoms with E-state index in [1.807, 2.05) is 0 Å². The van der Waals surface area contributed by atoms with Crippen LogP contribution in [0.1, 0.15) is 155 Å². The fraction of sp³-hybridized carbons (Fsp3) is 0.789. The summed E-state index contributed by atoms with van der Waals surface area (Å²) in [6.45, 7) is 2.27. The molecule has 0 heterocycles. The Morgan fingerprint density at radius 2 is 1.08 bits per heavy atom. The Bertz CT molecular complexity index is 920. The maximum Gasteiger partial charge on any atom is 0.472 e. The molecule has 0 spiro atoms. The minimum atomic E-state index is -4.61. The molecule has 3 atom stereocenters. The molecule has 0 radical (unpaired) electrons. The van der Waals surface area contributed by atoms with E-state index in [0.29, 0.717) is 12.8 Å². The van der Waals surface area contributed by atoms with Crippen molar-refractivity contribution in [1.29, 1.82) is 0 Å². The highest BCUT2D eigenvalue weighted by atomic mass is 31.2. The Kier molecular flexibility index (Phi) is 33.4. The lowest BCUT2D eigenvalue weighted by Crippen LogP contribution is -2.29. The summed E-state index contributed by atoms with van der Waals surface area (Å²) in [5.74, 6) is -0.957. The number of phosphoric ester groups is 1. The molecule has 0 fully saturated rings. The van der Waals surface area contributed by atoms with Crippen LogP contribution in [-0.2, 0) is 32.7 Å². The van der Waals surface area contributed by atoms with E-state index in [0.717, 1.165) is 77.0 Å². The van der Waals surface area contributed by atoms with Gasteiger partial charge in [0.25, 0.3) is 0 Å². The van der Waals surface area contributed by atoms with E-state index < -0.39 is 51.8 Å².